The van der Waals surface area contributed by atoms with E-state index in [-0.39, 0.29) is 16.8 Å². The lowest BCUT2D eigenvalue weighted by Gasteiger charge is -2.23. The van der Waals surface area contributed by atoms with Gasteiger partial charge in [-0.3, -0.25) is 0 Å². The van der Waals surface area contributed by atoms with Gasteiger partial charge in [-0.1, -0.05) is 12.1 Å². The van der Waals surface area contributed by atoms with Crippen molar-refractivity contribution in [3.8, 4) is 11.5 Å². The van der Waals surface area contributed by atoms with Crippen LogP contribution < -0.4 is 0 Å². The minimum Gasteiger partial charge on any atom is -0.445 e. The van der Waals surface area contributed by atoms with E-state index < -0.39 is 0 Å². The number of aliphatic hydroxyl groups is 1. The molecule has 2 aliphatic rings. The predicted octanol–water partition coefficient (Wildman–Crippen LogP) is 3.05. The van der Waals surface area contributed by atoms with E-state index in [0.29, 0.717) is 5.89 Å². The second-order valence-corrected chi connectivity index (χ2v) is 9.40. The zero-order chi connectivity index (χ0) is 18.5. The number of hydrogen-bond donors (Lipinski definition) is 1. The van der Waals surface area contributed by atoms with Gasteiger partial charge in [0.1, 0.15) is 17.9 Å². The van der Waals surface area contributed by atoms with Crippen LogP contribution in [0.1, 0.15) is 37.0 Å². The summed E-state index contributed by atoms with van der Waals surface area (Å²) in [6.07, 6.45) is 6.19. The fraction of sp³-hybridized carbons (Fsp3) is 0.450. The molecule has 1 N–H and O–H groups in total. The molecule has 0 spiro atoms. The number of aromatic nitrogens is 4. The fourth-order valence-electron chi connectivity index (χ4n) is 3.99. The molecule has 140 valence electrons. The first-order valence-electron chi connectivity index (χ1n) is 9.31. The van der Waals surface area contributed by atoms with Crippen molar-refractivity contribution in [3.63, 3.8) is 0 Å². The molecule has 7 heteroatoms. The van der Waals surface area contributed by atoms with Crippen LogP contribution in [0.15, 0.2) is 41.1 Å². The van der Waals surface area contributed by atoms with Crippen LogP contribution in [0.25, 0.3) is 11.5 Å². The van der Waals surface area contributed by atoms with E-state index in [4.69, 9.17) is 4.42 Å². The van der Waals surface area contributed by atoms with E-state index in [9.17, 15) is 5.11 Å². The molecule has 0 radical (unpaired) electrons. The molecule has 1 aliphatic carbocycles. The Balaban J connectivity index is 1.49. The number of fused-ring (bicyclic) bond motifs is 1. The second kappa shape index (κ2) is 6.21. The maximum atomic E-state index is 9.77. The monoisotopic (exact) mass is 382 g/mol. The molecule has 1 aromatic carbocycles. The molecule has 2 aromatic heterocycles. The Labute approximate surface area is 162 Å². The van der Waals surface area contributed by atoms with Crippen LogP contribution in [0, 0.1) is 0 Å². The number of oxazole rings is 1. The van der Waals surface area contributed by atoms with Gasteiger partial charge in [-0.2, -0.15) is 11.8 Å². The predicted molar refractivity (Wildman–Crippen MR) is 104 cm³/mol. The van der Waals surface area contributed by atoms with Gasteiger partial charge in [0, 0.05) is 29.0 Å². The van der Waals surface area contributed by atoms with Crippen molar-refractivity contribution in [2.24, 2.45) is 0 Å². The summed E-state index contributed by atoms with van der Waals surface area (Å²) >= 11 is 1.83. The van der Waals surface area contributed by atoms with E-state index in [1.165, 1.54) is 5.56 Å². The van der Waals surface area contributed by atoms with Gasteiger partial charge in [-0.25, -0.2) is 4.98 Å². The highest BCUT2D eigenvalue weighted by Crippen LogP contribution is 2.53. The molecular weight excluding hydrogens is 360 g/mol. The third-order valence-electron chi connectivity index (χ3n) is 5.75. The number of rotatable bonds is 4. The van der Waals surface area contributed by atoms with Crippen molar-refractivity contribution in [2.45, 2.75) is 42.9 Å². The van der Waals surface area contributed by atoms with E-state index in [1.807, 2.05) is 11.8 Å². The largest absolute Gasteiger partial charge is 0.445 e. The Morgan fingerprint density at radius 1 is 1.22 bits per heavy atom. The first-order chi connectivity index (χ1) is 13.1. The lowest BCUT2D eigenvalue weighted by molar-refractivity contribution is 0.254. The molecule has 0 amide bonds. The normalized spacial score (nSPS) is 23.6. The zero-order valence-electron chi connectivity index (χ0n) is 15.3. The van der Waals surface area contributed by atoms with E-state index >= 15 is 0 Å². The van der Waals surface area contributed by atoms with Gasteiger partial charge in [-0.05, 0) is 37.5 Å². The summed E-state index contributed by atoms with van der Waals surface area (Å²) < 4.78 is 7.51. The van der Waals surface area contributed by atoms with Crippen LogP contribution in [0.5, 0.6) is 0 Å². The number of aliphatic hydroxyl groups excluding tert-OH is 1. The van der Waals surface area contributed by atoms with Crippen LogP contribution in [-0.4, -0.2) is 42.0 Å². The topological polar surface area (TPSA) is 77.0 Å². The van der Waals surface area contributed by atoms with Crippen LogP contribution >= 0.6 is 11.8 Å². The van der Waals surface area contributed by atoms with Gasteiger partial charge in [0.2, 0.25) is 5.89 Å². The number of hydrogen-bond acceptors (Lipinski definition) is 6. The molecule has 3 heterocycles. The van der Waals surface area contributed by atoms with Gasteiger partial charge in [0.25, 0.3) is 0 Å². The Bertz CT molecular complexity index is 947. The van der Waals surface area contributed by atoms with Crippen LogP contribution in [0.2, 0.25) is 0 Å². The van der Waals surface area contributed by atoms with Crippen molar-refractivity contribution >= 4 is 11.8 Å². The summed E-state index contributed by atoms with van der Waals surface area (Å²) in [6.45, 7) is 3.16. The smallest absolute Gasteiger partial charge is 0.225 e. The molecule has 1 fully saturated rings. The lowest BCUT2D eigenvalue weighted by Crippen LogP contribution is -2.28. The third-order valence-corrected chi connectivity index (χ3v) is 7.11. The molecule has 6 nitrogen and oxygen atoms in total. The van der Waals surface area contributed by atoms with Crippen molar-refractivity contribution in [1.29, 1.82) is 0 Å². The Morgan fingerprint density at radius 3 is 2.70 bits per heavy atom. The SMILES string of the molecule is C[C@]1(CO)Cc2nnc(C3(c4ccc(-c5ncco5)cc4)CC3)n2CCS1. The number of benzene rings is 1. The van der Waals surface area contributed by atoms with E-state index in [0.717, 1.165) is 48.8 Å². The van der Waals surface area contributed by atoms with Crippen molar-refractivity contribution < 1.29 is 9.52 Å². The average Bonchev–Trinajstić information content (AvgIpc) is 3.18. The first-order valence-corrected chi connectivity index (χ1v) is 10.3. The standard InChI is InChI=1S/C20H22N4O2S/c1-19(13-25)12-16-22-23-18(24(16)9-11-27-19)20(6-7-20)15-4-2-14(3-5-15)17-21-8-10-26-17/h2-5,8,10,25H,6-7,9,11-13H2,1H3/t19-/m1/s1. The van der Waals surface area contributed by atoms with Crippen LogP contribution in [0.4, 0.5) is 0 Å². The average molecular weight is 382 g/mol. The Morgan fingerprint density at radius 2 is 2.04 bits per heavy atom. The summed E-state index contributed by atoms with van der Waals surface area (Å²) in [5.41, 5.74) is 2.22. The van der Waals surface area contributed by atoms with Gasteiger partial charge >= 0.3 is 0 Å². The molecular formula is C20H22N4O2S. The highest BCUT2D eigenvalue weighted by molar-refractivity contribution is 8.00. The summed E-state index contributed by atoms with van der Waals surface area (Å²) in [6, 6.07) is 8.47. The zero-order valence-corrected chi connectivity index (χ0v) is 16.1. The molecule has 3 aromatic rings. The highest BCUT2D eigenvalue weighted by Gasteiger charge is 2.50. The van der Waals surface area contributed by atoms with Crippen molar-refractivity contribution in [1.82, 2.24) is 19.7 Å². The van der Waals surface area contributed by atoms with Gasteiger partial charge in [0.15, 0.2) is 0 Å². The maximum Gasteiger partial charge on any atom is 0.225 e. The Kier molecular flexibility index (Phi) is 3.91. The highest BCUT2D eigenvalue weighted by atomic mass is 32.2. The molecule has 0 saturated heterocycles. The number of nitrogens with zero attached hydrogens (tertiary/aromatic N) is 4. The summed E-state index contributed by atoms with van der Waals surface area (Å²) in [5.74, 6) is 3.68. The molecule has 27 heavy (non-hydrogen) atoms. The fourth-order valence-corrected chi connectivity index (χ4v) is 5.08. The van der Waals surface area contributed by atoms with E-state index in [1.54, 1.807) is 12.5 Å². The maximum absolute atomic E-state index is 9.77. The summed E-state index contributed by atoms with van der Waals surface area (Å²) in [7, 11) is 0. The minimum absolute atomic E-state index is 0.0367. The van der Waals surface area contributed by atoms with Crippen molar-refractivity contribution in [3.05, 3.63) is 53.9 Å². The Hall–Kier alpha value is -2.12. The minimum atomic E-state index is -0.174. The van der Waals surface area contributed by atoms with Gasteiger partial charge in [-0.15, -0.1) is 10.2 Å². The molecule has 0 bridgehead atoms. The van der Waals surface area contributed by atoms with Crippen LogP contribution in [0.3, 0.4) is 0 Å². The third kappa shape index (κ3) is 2.80. The second-order valence-electron chi connectivity index (χ2n) is 7.72. The number of thioether (sulfide) groups is 1. The van der Waals surface area contributed by atoms with Gasteiger partial charge < -0.3 is 14.1 Å². The first kappa shape index (κ1) is 17.0. The quantitative estimate of drug-likeness (QED) is 0.747. The summed E-state index contributed by atoms with van der Waals surface area (Å²) in [4.78, 5) is 4.22. The van der Waals surface area contributed by atoms with Crippen molar-refractivity contribution in [2.75, 3.05) is 12.4 Å². The molecule has 1 saturated carbocycles. The molecule has 5 rings (SSSR count). The van der Waals surface area contributed by atoms with E-state index in [2.05, 4.69) is 50.9 Å². The summed E-state index contributed by atoms with van der Waals surface area (Å²) in [5, 5.41) is 18.9. The van der Waals surface area contributed by atoms with Crippen LogP contribution in [-0.2, 0) is 18.4 Å². The lowest BCUT2D eigenvalue weighted by atomic mass is 9.94. The van der Waals surface area contributed by atoms with Gasteiger partial charge in [0.05, 0.1) is 18.2 Å². The molecule has 0 unspecified atom stereocenters. The molecule has 1 atom stereocenters. The molecule has 1 aliphatic heterocycles.